The van der Waals surface area contributed by atoms with Gasteiger partial charge in [0.05, 0.1) is 18.6 Å². The molecule has 0 unspecified atom stereocenters. The Morgan fingerprint density at radius 1 is 1.35 bits per heavy atom. The maximum Gasteiger partial charge on any atom is 0.204 e. The molecule has 1 aromatic carbocycles. The summed E-state index contributed by atoms with van der Waals surface area (Å²) in [7, 11) is 0. The molecule has 0 bridgehead atoms. The number of aromatic nitrogens is 6. The fourth-order valence-electron chi connectivity index (χ4n) is 2.03. The SMILES string of the molecule is CCn1cncc1CNc1cccc(-c2nn[nH]n2)c1. The van der Waals surface area contributed by atoms with Gasteiger partial charge in [-0.2, -0.15) is 5.21 Å². The Bertz CT molecular complexity index is 672. The van der Waals surface area contributed by atoms with Crippen LogP contribution < -0.4 is 5.32 Å². The number of tetrazole rings is 1. The van der Waals surface area contributed by atoms with Crippen LogP contribution in [-0.2, 0) is 13.1 Å². The number of aryl methyl sites for hydroxylation is 1. The molecule has 0 saturated heterocycles. The predicted molar refractivity (Wildman–Crippen MR) is 74.8 cm³/mol. The van der Waals surface area contributed by atoms with Gasteiger partial charge in [0.15, 0.2) is 0 Å². The first-order chi connectivity index (χ1) is 9.86. The fraction of sp³-hybridized carbons (Fsp3) is 0.231. The van der Waals surface area contributed by atoms with Crippen LogP contribution in [0.2, 0.25) is 0 Å². The number of nitrogens with one attached hydrogen (secondary N) is 2. The molecule has 2 aromatic heterocycles. The van der Waals surface area contributed by atoms with Gasteiger partial charge in [-0.15, -0.1) is 10.2 Å². The summed E-state index contributed by atoms with van der Waals surface area (Å²) in [5.41, 5.74) is 3.08. The van der Waals surface area contributed by atoms with Crippen LogP contribution >= 0.6 is 0 Å². The van der Waals surface area contributed by atoms with E-state index in [4.69, 9.17) is 0 Å². The molecule has 0 aliphatic carbocycles. The van der Waals surface area contributed by atoms with Crippen molar-refractivity contribution < 1.29 is 0 Å². The van der Waals surface area contributed by atoms with E-state index in [0.717, 1.165) is 30.0 Å². The first kappa shape index (κ1) is 12.3. The fourth-order valence-corrected chi connectivity index (χ4v) is 2.03. The van der Waals surface area contributed by atoms with Crippen molar-refractivity contribution in [1.82, 2.24) is 30.2 Å². The van der Waals surface area contributed by atoms with Crippen LogP contribution in [0.3, 0.4) is 0 Å². The molecule has 0 atom stereocenters. The molecule has 0 radical (unpaired) electrons. The molecule has 7 nitrogen and oxygen atoms in total. The van der Waals surface area contributed by atoms with Crippen molar-refractivity contribution >= 4 is 5.69 Å². The Balaban J connectivity index is 1.74. The van der Waals surface area contributed by atoms with E-state index in [9.17, 15) is 0 Å². The average molecular weight is 269 g/mol. The molecule has 2 heterocycles. The summed E-state index contributed by atoms with van der Waals surface area (Å²) in [6.45, 7) is 3.74. The number of hydrogen-bond acceptors (Lipinski definition) is 5. The Hall–Kier alpha value is -2.70. The highest BCUT2D eigenvalue weighted by Gasteiger charge is 2.04. The highest BCUT2D eigenvalue weighted by atomic mass is 15.5. The molecule has 0 spiro atoms. The van der Waals surface area contributed by atoms with Crippen LogP contribution in [0, 0.1) is 0 Å². The van der Waals surface area contributed by atoms with Gasteiger partial charge in [0.25, 0.3) is 0 Å². The first-order valence-electron chi connectivity index (χ1n) is 6.43. The average Bonchev–Trinajstić information content (AvgIpc) is 3.16. The first-order valence-corrected chi connectivity index (χ1v) is 6.43. The normalized spacial score (nSPS) is 10.7. The standard InChI is InChI=1S/C13H15N7/c1-2-20-9-14-7-12(20)8-15-11-5-3-4-10(6-11)13-16-18-19-17-13/h3-7,9,15H,2,8H2,1H3,(H,16,17,18,19). The highest BCUT2D eigenvalue weighted by Crippen LogP contribution is 2.18. The summed E-state index contributed by atoms with van der Waals surface area (Å²) >= 11 is 0. The smallest absolute Gasteiger partial charge is 0.204 e. The number of anilines is 1. The molecule has 0 fully saturated rings. The van der Waals surface area contributed by atoms with E-state index in [1.165, 1.54) is 0 Å². The van der Waals surface area contributed by atoms with Crippen molar-refractivity contribution in [3.63, 3.8) is 0 Å². The van der Waals surface area contributed by atoms with Crippen molar-refractivity contribution in [3.8, 4) is 11.4 Å². The second-order valence-electron chi connectivity index (χ2n) is 4.34. The van der Waals surface area contributed by atoms with Crippen molar-refractivity contribution in [2.24, 2.45) is 0 Å². The van der Waals surface area contributed by atoms with Gasteiger partial charge in [-0.3, -0.25) is 0 Å². The molecule has 102 valence electrons. The minimum atomic E-state index is 0.590. The molecule has 0 saturated carbocycles. The second kappa shape index (κ2) is 5.52. The maximum atomic E-state index is 4.15. The zero-order chi connectivity index (χ0) is 13.8. The summed E-state index contributed by atoms with van der Waals surface area (Å²) in [5, 5.41) is 17.4. The number of rotatable bonds is 5. The number of H-pyrrole nitrogens is 1. The van der Waals surface area contributed by atoms with Gasteiger partial charge < -0.3 is 9.88 Å². The number of benzene rings is 1. The third kappa shape index (κ3) is 2.51. The van der Waals surface area contributed by atoms with E-state index >= 15 is 0 Å². The molecule has 20 heavy (non-hydrogen) atoms. The largest absolute Gasteiger partial charge is 0.379 e. The molecule has 0 amide bonds. The monoisotopic (exact) mass is 269 g/mol. The van der Waals surface area contributed by atoms with E-state index in [1.807, 2.05) is 36.8 Å². The Labute approximate surface area is 116 Å². The maximum absolute atomic E-state index is 4.15. The van der Waals surface area contributed by atoms with Crippen molar-refractivity contribution in [2.45, 2.75) is 20.0 Å². The van der Waals surface area contributed by atoms with E-state index in [1.54, 1.807) is 0 Å². The molecule has 2 N–H and O–H groups in total. The summed E-state index contributed by atoms with van der Waals surface area (Å²) < 4.78 is 2.11. The lowest BCUT2D eigenvalue weighted by molar-refractivity contribution is 0.719. The molecular weight excluding hydrogens is 254 g/mol. The van der Waals surface area contributed by atoms with Crippen LogP contribution in [0.4, 0.5) is 5.69 Å². The summed E-state index contributed by atoms with van der Waals surface area (Å²) in [4.78, 5) is 4.15. The van der Waals surface area contributed by atoms with Gasteiger partial charge in [0.2, 0.25) is 5.82 Å². The van der Waals surface area contributed by atoms with Crippen molar-refractivity contribution in [3.05, 3.63) is 42.5 Å². The Morgan fingerprint density at radius 2 is 2.30 bits per heavy atom. The van der Waals surface area contributed by atoms with E-state index in [2.05, 4.69) is 42.4 Å². The summed E-state index contributed by atoms with van der Waals surface area (Å²) in [5.74, 6) is 0.590. The quantitative estimate of drug-likeness (QED) is 0.736. The van der Waals surface area contributed by atoms with Gasteiger partial charge in [-0.05, 0) is 24.3 Å². The van der Waals surface area contributed by atoms with Crippen molar-refractivity contribution in [2.75, 3.05) is 5.32 Å². The summed E-state index contributed by atoms with van der Waals surface area (Å²) in [6, 6.07) is 7.92. The van der Waals surface area contributed by atoms with Crippen LogP contribution in [0.5, 0.6) is 0 Å². The van der Waals surface area contributed by atoms with Crippen LogP contribution in [-0.4, -0.2) is 30.2 Å². The van der Waals surface area contributed by atoms with Gasteiger partial charge in [0.1, 0.15) is 0 Å². The summed E-state index contributed by atoms with van der Waals surface area (Å²) in [6.07, 6.45) is 3.71. The van der Waals surface area contributed by atoms with Crippen LogP contribution in [0.15, 0.2) is 36.8 Å². The number of hydrogen-bond donors (Lipinski definition) is 2. The number of aromatic amines is 1. The van der Waals surface area contributed by atoms with E-state index < -0.39 is 0 Å². The molecule has 0 aliphatic heterocycles. The lowest BCUT2D eigenvalue weighted by atomic mass is 10.2. The lowest BCUT2D eigenvalue weighted by Crippen LogP contribution is -2.05. The highest BCUT2D eigenvalue weighted by molar-refractivity contribution is 5.61. The topological polar surface area (TPSA) is 84.3 Å². The van der Waals surface area contributed by atoms with Crippen LogP contribution in [0.25, 0.3) is 11.4 Å². The van der Waals surface area contributed by atoms with Crippen molar-refractivity contribution in [1.29, 1.82) is 0 Å². The molecule has 3 rings (SSSR count). The minimum absolute atomic E-state index is 0.590. The Kier molecular flexibility index (Phi) is 3.40. The third-order valence-electron chi connectivity index (χ3n) is 3.08. The van der Waals surface area contributed by atoms with E-state index in [-0.39, 0.29) is 0 Å². The number of imidazole rings is 1. The lowest BCUT2D eigenvalue weighted by Gasteiger charge is -2.09. The van der Waals surface area contributed by atoms with Gasteiger partial charge in [0, 0.05) is 24.0 Å². The van der Waals surface area contributed by atoms with Crippen LogP contribution in [0.1, 0.15) is 12.6 Å². The minimum Gasteiger partial charge on any atom is -0.379 e. The molecule has 0 aliphatic rings. The molecular formula is C13H15N7. The Morgan fingerprint density at radius 3 is 3.10 bits per heavy atom. The second-order valence-corrected chi connectivity index (χ2v) is 4.34. The molecule has 3 aromatic rings. The van der Waals surface area contributed by atoms with Gasteiger partial charge in [-0.25, -0.2) is 4.98 Å². The zero-order valence-electron chi connectivity index (χ0n) is 11.1. The molecule has 7 heteroatoms. The number of nitrogens with zero attached hydrogens (tertiary/aromatic N) is 5. The van der Waals surface area contributed by atoms with Gasteiger partial charge in [-0.1, -0.05) is 12.1 Å². The van der Waals surface area contributed by atoms with Gasteiger partial charge >= 0.3 is 0 Å². The zero-order valence-corrected chi connectivity index (χ0v) is 11.1. The third-order valence-corrected chi connectivity index (χ3v) is 3.08. The van der Waals surface area contributed by atoms with E-state index in [0.29, 0.717) is 5.82 Å². The predicted octanol–water partition coefficient (Wildman–Crippen LogP) is 1.70.